The van der Waals surface area contributed by atoms with Gasteiger partial charge in [0.2, 0.25) is 0 Å². The van der Waals surface area contributed by atoms with Gasteiger partial charge in [-0.2, -0.15) is 17.0 Å². The number of carbonyl (C=O) groups is 1. The Hall–Kier alpha value is -1.48. The molecule has 2 atom stereocenters. The largest absolute Gasteiger partial charge is 0.480 e. The van der Waals surface area contributed by atoms with Crippen molar-refractivity contribution in [1.82, 2.24) is 8.61 Å². The fourth-order valence-corrected chi connectivity index (χ4v) is 4.14. The Morgan fingerprint density at radius 2 is 2.04 bits per heavy atom. The van der Waals surface area contributed by atoms with Crippen molar-refractivity contribution in [2.45, 2.75) is 25.5 Å². The van der Waals surface area contributed by atoms with Gasteiger partial charge in [0.25, 0.3) is 10.2 Å². The molecule has 1 saturated heterocycles. The molecular formula is C15H22N2O5S. The van der Waals surface area contributed by atoms with E-state index in [-0.39, 0.29) is 19.7 Å². The Labute approximate surface area is 136 Å². The number of carboxylic acids is 1. The molecule has 0 spiro atoms. The van der Waals surface area contributed by atoms with Crippen LogP contribution in [0.15, 0.2) is 30.3 Å². The van der Waals surface area contributed by atoms with Crippen LogP contribution in [0.1, 0.15) is 12.5 Å². The lowest BCUT2D eigenvalue weighted by Gasteiger charge is -2.38. The van der Waals surface area contributed by atoms with E-state index in [4.69, 9.17) is 4.74 Å². The van der Waals surface area contributed by atoms with Crippen molar-refractivity contribution >= 4 is 16.2 Å². The monoisotopic (exact) mass is 342 g/mol. The third kappa shape index (κ3) is 4.08. The van der Waals surface area contributed by atoms with Gasteiger partial charge in [-0.05, 0) is 18.9 Å². The zero-order valence-corrected chi connectivity index (χ0v) is 14.1. The van der Waals surface area contributed by atoms with Gasteiger partial charge in [-0.15, -0.1) is 0 Å². The SMILES string of the molecule is C[C@@H]1OCCN(S(=O)(=O)N(C)CCc2ccccc2)[C@H]1C(=O)O. The number of hydrogen-bond acceptors (Lipinski definition) is 4. The second kappa shape index (κ2) is 7.39. The average molecular weight is 342 g/mol. The van der Waals surface area contributed by atoms with Gasteiger partial charge in [0, 0.05) is 20.1 Å². The van der Waals surface area contributed by atoms with Gasteiger partial charge >= 0.3 is 5.97 Å². The summed E-state index contributed by atoms with van der Waals surface area (Å²) in [6, 6.07) is 8.35. The third-order valence-electron chi connectivity index (χ3n) is 3.95. The standard InChI is InChI=1S/C15H22N2O5S/c1-12-14(15(18)19)17(10-11-22-12)23(20,21)16(2)9-8-13-6-4-3-5-7-13/h3-7,12,14H,8-11H2,1-2H3,(H,18,19)/t12-,14+/m0/s1. The molecule has 0 unspecified atom stereocenters. The van der Waals surface area contributed by atoms with E-state index in [1.165, 1.54) is 11.4 Å². The second-order valence-corrected chi connectivity index (χ2v) is 7.52. The van der Waals surface area contributed by atoms with Crippen molar-refractivity contribution in [3.8, 4) is 0 Å². The highest BCUT2D eigenvalue weighted by Gasteiger charge is 2.43. The van der Waals surface area contributed by atoms with Gasteiger partial charge in [-0.1, -0.05) is 30.3 Å². The summed E-state index contributed by atoms with van der Waals surface area (Å²) in [5, 5.41) is 9.33. The number of aliphatic carboxylic acids is 1. The predicted molar refractivity (Wildman–Crippen MR) is 85.2 cm³/mol. The molecule has 0 aliphatic carbocycles. The minimum Gasteiger partial charge on any atom is -0.480 e. The summed E-state index contributed by atoms with van der Waals surface area (Å²) >= 11 is 0. The predicted octanol–water partition coefficient (Wildman–Crippen LogP) is 0.580. The van der Waals surface area contributed by atoms with E-state index in [0.29, 0.717) is 6.42 Å². The van der Waals surface area contributed by atoms with Crippen molar-refractivity contribution in [2.75, 3.05) is 26.7 Å². The van der Waals surface area contributed by atoms with Crippen molar-refractivity contribution in [1.29, 1.82) is 0 Å². The number of benzene rings is 1. The van der Waals surface area contributed by atoms with Crippen LogP contribution in [0.25, 0.3) is 0 Å². The molecule has 1 aliphatic rings. The van der Waals surface area contributed by atoms with E-state index < -0.39 is 28.3 Å². The lowest BCUT2D eigenvalue weighted by atomic mass is 10.1. The summed E-state index contributed by atoms with van der Waals surface area (Å²) in [5.41, 5.74) is 1.03. The number of nitrogens with zero attached hydrogens (tertiary/aromatic N) is 2. The minimum absolute atomic E-state index is 0.0410. The highest BCUT2D eigenvalue weighted by atomic mass is 32.2. The molecule has 0 radical (unpaired) electrons. The van der Waals surface area contributed by atoms with Crippen LogP contribution < -0.4 is 0 Å². The van der Waals surface area contributed by atoms with Gasteiger partial charge in [-0.25, -0.2) is 0 Å². The summed E-state index contributed by atoms with van der Waals surface area (Å²) in [7, 11) is -2.38. The lowest BCUT2D eigenvalue weighted by molar-refractivity contribution is -0.150. The third-order valence-corrected chi connectivity index (χ3v) is 5.92. The first kappa shape index (κ1) is 17.9. The van der Waals surface area contributed by atoms with Crippen LogP contribution in [0.3, 0.4) is 0 Å². The van der Waals surface area contributed by atoms with Crippen molar-refractivity contribution in [2.24, 2.45) is 0 Å². The van der Waals surface area contributed by atoms with Crippen molar-refractivity contribution in [3.63, 3.8) is 0 Å². The number of carboxylic acid groups (broad SMARTS) is 1. The fourth-order valence-electron chi connectivity index (χ4n) is 2.60. The highest BCUT2D eigenvalue weighted by Crippen LogP contribution is 2.20. The molecule has 1 N–H and O–H groups in total. The van der Waals surface area contributed by atoms with Gasteiger partial charge < -0.3 is 9.84 Å². The number of likely N-dealkylation sites (N-methyl/N-ethyl adjacent to an activating group) is 1. The molecule has 128 valence electrons. The summed E-state index contributed by atoms with van der Waals surface area (Å²) in [4.78, 5) is 11.4. The van der Waals surface area contributed by atoms with Crippen molar-refractivity contribution in [3.05, 3.63) is 35.9 Å². The fraction of sp³-hybridized carbons (Fsp3) is 0.533. The first-order chi connectivity index (χ1) is 10.8. The van der Waals surface area contributed by atoms with Crippen LogP contribution in [-0.4, -0.2) is 67.0 Å². The molecule has 0 saturated carbocycles. The molecule has 0 amide bonds. The van der Waals surface area contributed by atoms with Gasteiger partial charge in [0.05, 0.1) is 12.7 Å². The Balaban J connectivity index is 2.10. The molecule has 1 aromatic rings. The molecule has 8 heteroatoms. The minimum atomic E-state index is -3.85. The maximum Gasteiger partial charge on any atom is 0.324 e. The Morgan fingerprint density at radius 1 is 1.39 bits per heavy atom. The van der Waals surface area contributed by atoms with Gasteiger partial charge in [-0.3, -0.25) is 4.79 Å². The maximum atomic E-state index is 12.7. The summed E-state index contributed by atoms with van der Waals surface area (Å²) in [5.74, 6) is -1.20. The van der Waals surface area contributed by atoms with Crippen LogP contribution in [0.4, 0.5) is 0 Å². The van der Waals surface area contributed by atoms with E-state index in [1.54, 1.807) is 6.92 Å². The van der Waals surface area contributed by atoms with Crippen molar-refractivity contribution < 1.29 is 23.1 Å². The average Bonchev–Trinajstić information content (AvgIpc) is 2.52. The second-order valence-electron chi connectivity index (χ2n) is 5.53. The maximum absolute atomic E-state index is 12.7. The molecular weight excluding hydrogens is 320 g/mol. The molecule has 1 aromatic carbocycles. The number of morpholine rings is 1. The first-order valence-electron chi connectivity index (χ1n) is 7.45. The quantitative estimate of drug-likeness (QED) is 0.817. The summed E-state index contributed by atoms with van der Waals surface area (Å²) in [6.45, 7) is 2.09. The van der Waals surface area contributed by atoms with E-state index in [9.17, 15) is 18.3 Å². The number of hydrogen-bond donors (Lipinski definition) is 1. The Bertz CT molecular complexity index is 635. The molecule has 2 rings (SSSR count). The van der Waals surface area contributed by atoms with Crippen LogP contribution in [0.2, 0.25) is 0 Å². The van der Waals surface area contributed by atoms with E-state index >= 15 is 0 Å². The molecule has 7 nitrogen and oxygen atoms in total. The zero-order valence-electron chi connectivity index (χ0n) is 13.3. The van der Waals surface area contributed by atoms with E-state index in [1.807, 2.05) is 30.3 Å². The molecule has 1 fully saturated rings. The van der Waals surface area contributed by atoms with Gasteiger partial charge in [0.15, 0.2) is 0 Å². The van der Waals surface area contributed by atoms with E-state index in [2.05, 4.69) is 0 Å². The first-order valence-corrected chi connectivity index (χ1v) is 8.85. The normalized spacial score (nSPS) is 23.1. The zero-order chi connectivity index (χ0) is 17.0. The lowest BCUT2D eigenvalue weighted by Crippen LogP contribution is -2.59. The molecule has 0 bridgehead atoms. The Morgan fingerprint density at radius 3 is 2.65 bits per heavy atom. The van der Waals surface area contributed by atoms with Crippen LogP contribution in [-0.2, 0) is 26.2 Å². The van der Waals surface area contributed by atoms with Crippen LogP contribution in [0.5, 0.6) is 0 Å². The molecule has 23 heavy (non-hydrogen) atoms. The highest BCUT2D eigenvalue weighted by molar-refractivity contribution is 7.86. The topological polar surface area (TPSA) is 87.2 Å². The Kier molecular flexibility index (Phi) is 5.74. The van der Waals surface area contributed by atoms with Crippen LogP contribution in [0, 0.1) is 0 Å². The molecule has 0 aromatic heterocycles. The van der Waals surface area contributed by atoms with Crippen LogP contribution >= 0.6 is 0 Å². The number of rotatable bonds is 6. The number of ether oxygens (including phenoxy) is 1. The summed E-state index contributed by atoms with van der Waals surface area (Å²) in [6.07, 6.45) is -0.118. The molecule has 1 heterocycles. The summed E-state index contributed by atoms with van der Waals surface area (Å²) < 4.78 is 32.9. The smallest absolute Gasteiger partial charge is 0.324 e. The van der Waals surface area contributed by atoms with Gasteiger partial charge in [0.1, 0.15) is 6.04 Å². The van der Waals surface area contributed by atoms with E-state index in [0.717, 1.165) is 9.87 Å². The molecule has 1 aliphatic heterocycles.